The van der Waals surface area contributed by atoms with E-state index in [1.165, 1.54) is 16.5 Å². The first-order valence-electron chi connectivity index (χ1n) is 23.0. The molecule has 0 N–H and O–H groups in total. The van der Waals surface area contributed by atoms with Crippen molar-refractivity contribution >= 4 is 43.6 Å². The zero-order chi connectivity index (χ0) is 45.0. The fourth-order valence-electron chi connectivity index (χ4n) is 10.0. The van der Waals surface area contributed by atoms with Crippen LogP contribution in [0.3, 0.4) is 0 Å². The normalized spacial score (nSPS) is 11.5. The van der Waals surface area contributed by atoms with Gasteiger partial charge in [-0.25, -0.2) is 4.98 Å². The molecule has 13 rings (SSSR count). The van der Waals surface area contributed by atoms with Crippen molar-refractivity contribution in [1.29, 1.82) is 0 Å². The molecule has 10 aromatic carbocycles. The number of hydrogen-bond acceptors (Lipinski definition) is 3. The van der Waals surface area contributed by atoms with Gasteiger partial charge in [0.1, 0.15) is 0 Å². The van der Waals surface area contributed by atoms with E-state index < -0.39 is 0 Å². The monoisotopic (exact) mass is 867 g/mol. The summed E-state index contributed by atoms with van der Waals surface area (Å²) in [5, 5.41) is 4.56. The van der Waals surface area contributed by atoms with E-state index in [1.54, 1.807) is 0 Å². The largest absolute Gasteiger partial charge is 0.307 e. The topological polar surface area (TPSA) is 48.5 Å². The lowest BCUT2D eigenvalue weighted by atomic mass is 9.93. The van der Waals surface area contributed by atoms with E-state index in [9.17, 15) is 0 Å². The quantitative estimate of drug-likeness (QED) is 0.153. The molecule has 0 saturated carbocycles. The van der Waals surface area contributed by atoms with E-state index in [-0.39, 0.29) is 0 Å². The average Bonchev–Trinajstić information content (AvgIpc) is 3.95. The van der Waals surface area contributed by atoms with Crippen LogP contribution in [0.5, 0.6) is 0 Å². The van der Waals surface area contributed by atoms with Gasteiger partial charge in [-0.2, -0.15) is 9.97 Å². The minimum Gasteiger partial charge on any atom is -0.307 e. The summed E-state index contributed by atoms with van der Waals surface area (Å²) in [6.07, 6.45) is 0. The van der Waals surface area contributed by atoms with Crippen LogP contribution < -0.4 is 0 Å². The number of nitrogens with zero attached hydrogens (tertiary/aromatic N) is 5. The summed E-state index contributed by atoms with van der Waals surface area (Å²) in [6.45, 7) is 0. The highest BCUT2D eigenvalue weighted by molar-refractivity contribution is 6.24. The van der Waals surface area contributed by atoms with Gasteiger partial charge in [0.15, 0.2) is 11.6 Å². The van der Waals surface area contributed by atoms with E-state index in [0.717, 1.165) is 88.4 Å². The second kappa shape index (κ2) is 16.4. The predicted octanol–water partition coefficient (Wildman–Crippen LogP) is 16.1. The van der Waals surface area contributed by atoms with Gasteiger partial charge in [0.2, 0.25) is 5.95 Å². The van der Waals surface area contributed by atoms with Gasteiger partial charge in [-0.05, 0) is 81.4 Å². The van der Waals surface area contributed by atoms with E-state index >= 15 is 0 Å². The number of rotatable bonds is 8. The van der Waals surface area contributed by atoms with Crippen molar-refractivity contribution in [3.8, 4) is 78.9 Å². The van der Waals surface area contributed by atoms with Crippen LogP contribution in [0, 0.1) is 0 Å². The Hall–Kier alpha value is -9.19. The van der Waals surface area contributed by atoms with E-state index in [0.29, 0.717) is 17.6 Å². The molecule has 0 amide bonds. The van der Waals surface area contributed by atoms with E-state index in [4.69, 9.17) is 15.0 Å². The number of para-hydroxylation sites is 3. The van der Waals surface area contributed by atoms with Gasteiger partial charge < -0.3 is 4.57 Å². The van der Waals surface area contributed by atoms with Crippen LogP contribution >= 0.6 is 0 Å². The van der Waals surface area contributed by atoms with Crippen molar-refractivity contribution in [1.82, 2.24) is 24.1 Å². The molecule has 0 atom stereocenters. The van der Waals surface area contributed by atoms with Crippen LogP contribution in [-0.4, -0.2) is 24.1 Å². The maximum Gasteiger partial charge on any atom is 0.238 e. The fourth-order valence-corrected chi connectivity index (χ4v) is 10.0. The molecule has 0 fully saturated rings. The molecule has 5 heteroatoms. The Morgan fingerprint density at radius 3 is 1.26 bits per heavy atom. The minimum absolute atomic E-state index is 0.545. The second-order valence-electron chi connectivity index (χ2n) is 17.2. The van der Waals surface area contributed by atoms with Gasteiger partial charge in [-0.1, -0.05) is 206 Å². The lowest BCUT2D eigenvalue weighted by Gasteiger charge is -2.16. The molecule has 0 unspecified atom stereocenters. The van der Waals surface area contributed by atoms with Gasteiger partial charge in [-0.3, -0.25) is 4.57 Å². The lowest BCUT2D eigenvalue weighted by molar-refractivity contribution is 0.953. The maximum atomic E-state index is 5.50. The molecule has 3 heterocycles. The van der Waals surface area contributed by atoms with Crippen molar-refractivity contribution in [2.45, 2.75) is 0 Å². The van der Waals surface area contributed by atoms with Crippen LogP contribution in [0.25, 0.3) is 123 Å². The molecule has 13 aromatic rings. The van der Waals surface area contributed by atoms with E-state index in [1.807, 2.05) is 18.2 Å². The molecule has 0 radical (unpaired) electrons. The van der Waals surface area contributed by atoms with Crippen molar-refractivity contribution in [3.05, 3.63) is 249 Å². The highest BCUT2D eigenvalue weighted by Gasteiger charge is 2.24. The smallest absolute Gasteiger partial charge is 0.238 e. The van der Waals surface area contributed by atoms with Crippen LogP contribution in [-0.2, 0) is 0 Å². The van der Waals surface area contributed by atoms with Crippen molar-refractivity contribution in [2.75, 3.05) is 0 Å². The molecule has 0 spiro atoms. The summed E-state index contributed by atoms with van der Waals surface area (Å²) in [5.74, 6) is 1.73. The molecule has 3 aromatic heterocycles. The van der Waals surface area contributed by atoms with Crippen LogP contribution in [0.4, 0.5) is 0 Å². The number of benzene rings is 10. The summed E-state index contributed by atoms with van der Waals surface area (Å²) < 4.78 is 4.71. The standard InChI is InChI=1S/C63H41N5/c1-5-20-42(21-6-1)48-39-49(43-22-7-2-8-23-43)41-50(40-48)46-28-19-29-47(38-46)62-64-61(45-26-11-4-12-27-45)65-63(66-62)68-58-35-18-15-32-53(58)55-37-36-54-52-31-14-17-34-57(52)67(59(54)60(55)68)56-33-16-13-30-51(56)44-24-9-3-10-25-44/h1-41H. The molecule has 0 aliphatic carbocycles. The Morgan fingerprint density at radius 1 is 0.250 bits per heavy atom. The maximum absolute atomic E-state index is 5.50. The summed E-state index contributed by atoms with van der Waals surface area (Å²) in [4.78, 5) is 16.2. The van der Waals surface area contributed by atoms with Crippen molar-refractivity contribution in [3.63, 3.8) is 0 Å². The van der Waals surface area contributed by atoms with Gasteiger partial charge in [0, 0.05) is 38.2 Å². The van der Waals surface area contributed by atoms with Crippen LogP contribution in [0.1, 0.15) is 0 Å². The summed E-state index contributed by atoms with van der Waals surface area (Å²) in [6, 6.07) is 88.2. The SMILES string of the molecule is c1ccc(-c2cc(-c3ccccc3)cc(-c3cccc(-c4nc(-c5ccccc5)nc(-n5c6ccccc6c6ccc7c8ccccc8n(-c8ccccc8-c8ccccc8)c7c65)n4)c3)c2)cc1. The molecule has 0 aliphatic rings. The van der Waals surface area contributed by atoms with Gasteiger partial charge >= 0.3 is 0 Å². The Balaban J connectivity index is 1.07. The zero-order valence-corrected chi connectivity index (χ0v) is 36.9. The van der Waals surface area contributed by atoms with Crippen molar-refractivity contribution < 1.29 is 0 Å². The molecule has 0 saturated heterocycles. The molecular formula is C63H41N5. The summed E-state index contributed by atoms with van der Waals surface area (Å²) >= 11 is 0. The first kappa shape index (κ1) is 39.2. The van der Waals surface area contributed by atoms with Gasteiger partial charge in [-0.15, -0.1) is 0 Å². The highest BCUT2D eigenvalue weighted by atomic mass is 15.2. The Bertz CT molecular complexity index is 3950. The average molecular weight is 868 g/mol. The first-order valence-corrected chi connectivity index (χ1v) is 23.0. The highest BCUT2D eigenvalue weighted by Crippen LogP contribution is 2.43. The molecule has 0 aliphatic heterocycles. The van der Waals surface area contributed by atoms with Crippen molar-refractivity contribution in [2.24, 2.45) is 0 Å². The third-order valence-corrected chi connectivity index (χ3v) is 13.2. The lowest BCUT2D eigenvalue weighted by Crippen LogP contribution is -2.07. The second-order valence-corrected chi connectivity index (χ2v) is 17.2. The third-order valence-electron chi connectivity index (χ3n) is 13.2. The number of aromatic nitrogens is 5. The van der Waals surface area contributed by atoms with Gasteiger partial charge in [0.25, 0.3) is 0 Å². The molecule has 0 bridgehead atoms. The predicted molar refractivity (Wildman–Crippen MR) is 281 cm³/mol. The molecular weight excluding hydrogens is 827 g/mol. The molecule has 318 valence electrons. The fraction of sp³-hybridized carbons (Fsp3) is 0. The summed E-state index contributed by atoms with van der Waals surface area (Å²) in [7, 11) is 0. The minimum atomic E-state index is 0.545. The Morgan fingerprint density at radius 2 is 0.662 bits per heavy atom. The summed E-state index contributed by atoms with van der Waals surface area (Å²) in [5.41, 5.74) is 16.3. The Kier molecular flexibility index (Phi) is 9.43. The molecule has 5 nitrogen and oxygen atoms in total. The van der Waals surface area contributed by atoms with Gasteiger partial charge in [0.05, 0.1) is 27.8 Å². The third kappa shape index (κ3) is 6.68. The number of hydrogen-bond donors (Lipinski definition) is 0. The number of fused-ring (bicyclic) bond motifs is 7. The molecule has 68 heavy (non-hydrogen) atoms. The first-order chi connectivity index (χ1) is 33.7. The zero-order valence-electron chi connectivity index (χ0n) is 36.9. The van der Waals surface area contributed by atoms with Crippen LogP contribution in [0.2, 0.25) is 0 Å². The van der Waals surface area contributed by atoms with E-state index in [2.05, 4.69) is 240 Å². The Labute approximate surface area is 393 Å². The van der Waals surface area contributed by atoms with Crippen LogP contribution in [0.15, 0.2) is 249 Å².